The highest BCUT2D eigenvalue weighted by Crippen LogP contribution is 2.35. The third-order valence-corrected chi connectivity index (χ3v) is 5.91. The van der Waals surface area contributed by atoms with Crippen LogP contribution in [-0.2, 0) is 16.9 Å². The van der Waals surface area contributed by atoms with Crippen molar-refractivity contribution in [1.82, 2.24) is 10.2 Å². The van der Waals surface area contributed by atoms with E-state index in [9.17, 15) is 14.4 Å². The molecule has 1 saturated heterocycles. The summed E-state index contributed by atoms with van der Waals surface area (Å²) in [5.41, 5.74) is 2.13. The SMILES string of the molecule is CCC[C@@]1(c2ccccc2)NC(=O)N(Cc2cc(=O)oc3c(C)c(C)ccc23)C1=O. The highest BCUT2D eigenvalue weighted by Gasteiger charge is 2.51. The van der Waals surface area contributed by atoms with Crippen molar-refractivity contribution < 1.29 is 14.0 Å². The molecule has 1 aromatic heterocycles. The average molecular weight is 404 g/mol. The van der Waals surface area contributed by atoms with Gasteiger partial charge in [-0.05, 0) is 42.5 Å². The average Bonchev–Trinajstić information content (AvgIpc) is 2.97. The van der Waals surface area contributed by atoms with Crippen LogP contribution in [0.15, 0.2) is 57.7 Å². The summed E-state index contributed by atoms with van der Waals surface area (Å²) >= 11 is 0. The molecule has 0 aliphatic carbocycles. The van der Waals surface area contributed by atoms with Gasteiger partial charge in [0.05, 0.1) is 6.54 Å². The molecule has 2 aromatic carbocycles. The van der Waals surface area contributed by atoms with Gasteiger partial charge >= 0.3 is 11.7 Å². The Morgan fingerprint density at radius 3 is 2.47 bits per heavy atom. The Morgan fingerprint density at radius 2 is 1.77 bits per heavy atom. The highest BCUT2D eigenvalue weighted by atomic mass is 16.4. The second-order valence-electron chi connectivity index (χ2n) is 7.82. The van der Waals surface area contributed by atoms with Gasteiger partial charge in [-0.1, -0.05) is 55.8 Å². The molecular weight excluding hydrogens is 380 g/mol. The van der Waals surface area contributed by atoms with Crippen LogP contribution in [0.4, 0.5) is 4.79 Å². The molecule has 0 radical (unpaired) electrons. The van der Waals surface area contributed by atoms with Crippen LogP contribution in [-0.4, -0.2) is 16.8 Å². The van der Waals surface area contributed by atoms with E-state index in [2.05, 4.69) is 5.32 Å². The van der Waals surface area contributed by atoms with Crippen molar-refractivity contribution in [3.05, 3.63) is 81.2 Å². The van der Waals surface area contributed by atoms with Crippen molar-refractivity contribution >= 4 is 22.9 Å². The summed E-state index contributed by atoms with van der Waals surface area (Å²) < 4.78 is 5.42. The molecule has 0 spiro atoms. The van der Waals surface area contributed by atoms with Crippen molar-refractivity contribution in [2.45, 2.75) is 45.7 Å². The molecule has 3 amide bonds. The minimum Gasteiger partial charge on any atom is -0.422 e. The first-order valence-corrected chi connectivity index (χ1v) is 10.1. The molecule has 1 fully saturated rings. The van der Waals surface area contributed by atoms with E-state index in [0.717, 1.165) is 28.5 Å². The number of carbonyl (C=O) groups is 2. The number of carbonyl (C=O) groups excluding carboxylic acids is 2. The smallest absolute Gasteiger partial charge is 0.336 e. The number of nitrogens with zero attached hydrogens (tertiary/aromatic N) is 1. The van der Waals surface area contributed by atoms with Gasteiger partial charge in [0.1, 0.15) is 11.1 Å². The minimum atomic E-state index is -1.09. The summed E-state index contributed by atoms with van der Waals surface area (Å²) in [7, 11) is 0. The number of fused-ring (bicyclic) bond motifs is 1. The predicted molar refractivity (Wildman–Crippen MR) is 114 cm³/mol. The molecule has 154 valence electrons. The van der Waals surface area contributed by atoms with Crippen LogP contribution in [0.25, 0.3) is 11.0 Å². The Morgan fingerprint density at radius 1 is 1.03 bits per heavy atom. The number of nitrogens with one attached hydrogen (secondary N) is 1. The van der Waals surface area contributed by atoms with Gasteiger partial charge in [-0.3, -0.25) is 9.69 Å². The van der Waals surface area contributed by atoms with E-state index in [4.69, 9.17) is 4.42 Å². The molecule has 30 heavy (non-hydrogen) atoms. The van der Waals surface area contributed by atoms with Gasteiger partial charge in [0, 0.05) is 11.5 Å². The molecule has 0 unspecified atom stereocenters. The lowest BCUT2D eigenvalue weighted by atomic mass is 9.85. The molecule has 0 bridgehead atoms. The Balaban J connectivity index is 1.78. The van der Waals surface area contributed by atoms with E-state index in [-0.39, 0.29) is 12.5 Å². The van der Waals surface area contributed by atoms with E-state index in [0.29, 0.717) is 17.6 Å². The fraction of sp³-hybridized carbons (Fsp3) is 0.292. The normalized spacial score (nSPS) is 18.8. The molecular formula is C24H24N2O4. The van der Waals surface area contributed by atoms with Crippen LogP contribution >= 0.6 is 0 Å². The van der Waals surface area contributed by atoms with Crippen molar-refractivity contribution in [3.63, 3.8) is 0 Å². The molecule has 1 atom stereocenters. The summed E-state index contributed by atoms with van der Waals surface area (Å²) in [6, 6.07) is 14.0. The zero-order chi connectivity index (χ0) is 21.5. The van der Waals surface area contributed by atoms with Crippen molar-refractivity contribution in [2.24, 2.45) is 0 Å². The maximum absolute atomic E-state index is 13.5. The van der Waals surface area contributed by atoms with E-state index >= 15 is 0 Å². The third kappa shape index (κ3) is 3.09. The van der Waals surface area contributed by atoms with Crippen LogP contribution in [0.3, 0.4) is 0 Å². The molecule has 1 aliphatic rings. The molecule has 6 nitrogen and oxygen atoms in total. The van der Waals surface area contributed by atoms with Gasteiger partial charge < -0.3 is 9.73 Å². The van der Waals surface area contributed by atoms with Crippen molar-refractivity contribution in [1.29, 1.82) is 0 Å². The Hall–Kier alpha value is -3.41. The second-order valence-corrected chi connectivity index (χ2v) is 7.82. The monoisotopic (exact) mass is 404 g/mol. The Bertz CT molecular complexity index is 1200. The quantitative estimate of drug-likeness (QED) is 0.512. The maximum atomic E-state index is 13.5. The second kappa shape index (κ2) is 7.44. The first-order valence-electron chi connectivity index (χ1n) is 10.1. The van der Waals surface area contributed by atoms with Crippen molar-refractivity contribution in [3.8, 4) is 0 Å². The lowest BCUT2D eigenvalue weighted by molar-refractivity contribution is -0.132. The number of rotatable bonds is 5. The number of benzene rings is 2. The van der Waals surface area contributed by atoms with E-state index < -0.39 is 17.2 Å². The standard InChI is InChI=1S/C24H24N2O4/c1-4-12-24(18-8-6-5-7-9-18)22(28)26(23(29)25-24)14-17-13-20(27)30-21-16(3)15(2)10-11-19(17)21/h5-11,13H,4,12,14H2,1-3H3,(H,25,29)/t24-/m0/s1. The zero-order valence-electron chi connectivity index (χ0n) is 17.3. The van der Waals surface area contributed by atoms with Crippen LogP contribution in [0, 0.1) is 13.8 Å². The Labute approximate surface area is 174 Å². The number of imide groups is 1. The molecule has 2 heterocycles. The first-order chi connectivity index (χ1) is 14.4. The van der Waals surface area contributed by atoms with Gasteiger partial charge in [0.2, 0.25) is 0 Å². The van der Waals surface area contributed by atoms with Crippen LogP contribution < -0.4 is 10.9 Å². The van der Waals surface area contributed by atoms with Crippen LogP contribution in [0.1, 0.15) is 42.0 Å². The summed E-state index contributed by atoms with van der Waals surface area (Å²) in [4.78, 5) is 39.8. The number of aryl methyl sites for hydroxylation is 2. The number of hydrogen-bond acceptors (Lipinski definition) is 4. The third-order valence-electron chi connectivity index (χ3n) is 5.91. The van der Waals surface area contributed by atoms with Crippen LogP contribution in [0.5, 0.6) is 0 Å². The number of amides is 3. The number of urea groups is 1. The van der Waals surface area contributed by atoms with Gasteiger partial charge in [0.15, 0.2) is 0 Å². The molecule has 1 N–H and O–H groups in total. The van der Waals surface area contributed by atoms with Gasteiger partial charge in [0.25, 0.3) is 5.91 Å². The van der Waals surface area contributed by atoms with E-state index in [1.165, 1.54) is 11.0 Å². The minimum absolute atomic E-state index is 0.00751. The van der Waals surface area contributed by atoms with E-state index in [1.54, 1.807) is 0 Å². The van der Waals surface area contributed by atoms with Crippen LogP contribution in [0.2, 0.25) is 0 Å². The largest absolute Gasteiger partial charge is 0.422 e. The molecule has 0 saturated carbocycles. The Kier molecular flexibility index (Phi) is 4.94. The lowest BCUT2D eigenvalue weighted by Crippen LogP contribution is -2.43. The van der Waals surface area contributed by atoms with Gasteiger partial charge in [-0.15, -0.1) is 0 Å². The zero-order valence-corrected chi connectivity index (χ0v) is 17.3. The topological polar surface area (TPSA) is 79.6 Å². The van der Waals surface area contributed by atoms with E-state index in [1.807, 2.05) is 63.2 Å². The highest BCUT2D eigenvalue weighted by molar-refractivity contribution is 6.07. The summed E-state index contributed by atoms with van der Waals surface area (Å²) in [5, 5.41) is 3.65. The van der Waals surface area contributed by atoms with Crippen molar-refractivity contribution in [2.75, 3.05) is 0 Å². The lowest BCUT2D eigenvalue weighted by Gasteiger charge is -2.27. The molecule has 3 aromatic rings. The molecule has 6 heteroatoms. The molecule has 1 aliphatic heterocycles. The molecule has 4 rings (SSSR count). The maximum Gasteiger partial charge on any atom is 0.336 e. The fourth-order valence-corrected chi connectivity index (χ4v) is 4.20. The summed E-state index contributed by atoms with van der Waals surface area (Å²) in [6.07, 6.45) is 1.22. The summed E-state index contributed by atoms with van der Waals surface area (Å²) in [5.74, 6) is -0.300. The number of hydrogen-bond donors (Lipinski definition) is 1. The van der Waals surface area contributed by atoms with Gasteiger partial charge in [-0.25, -0.2) is 9.59 Å². The predicted octanol–water partition coefficient (Wildman–Crippen LogP) is 4.16. The summed E-state index contributed by atoms with van der Waals surface area (Å²) in [6.45, 7) is 5.82. The van der Waals surface area contributed by atoms with Gasteiger partial charge in [-0.2, -0.15) is 0 Å². The first kappa shape index (κ1) is 19.9. The fourth-order valence-electron chi connectivity index (χ4n) is 4.20.